The van der Waals surface area contributed by atoms with Crippen LogP contribution < -0.4 is 17.8 Å². The van der Waals surface area contributed by atoms with E-state index in [4.69, 9.17) is 12.0 Å². The van der Waals surface area contributed by atoms with Crippen LogP contribution in [-0.2, 0) is 0 Å². The Morgan fingerprint density at radius 2 is 1.72 bits per heavy atom. The van der Waals surface area contributed by atoms with Crippen molar-refractivity contribution in [2.45, 2.75) is 6.92 Å². The molecular weight excluding hydrogens is 252 g/mol. The van der Waals surface area contributed by atoms with E-state index in [9.17, 15) is 0 Å². The van der Waals surface area contributed by atoms with E-state index in [0.29, 0.717) is 11.5 Å². The van der Waals surface area contributed by atoms with Crippen molar-refractivity contribution in [3.05, 3.63) is 54.3 Å². The molecule has 0 atom stereocenters. The molecule has 0 saturated heterocycles. The molecule has 2 aromatic heterocycles. The minimum atomic E-state index is 0. The highest BCUT2D eigenvalue weighted by atomic mass is 35.5. The molecule has 0 saturated carbocycles. The second kappa shape index (κ2) is 8.73. The first-order chi connectivity index (χ1) is 8.24. The van der Waals surface area contributed by atoms with Crippen LogP contribution in [0.1, 0.15) is 12.6 Å². The van der Waals surface area contributed by atoms with Gasteiger partial charge in [-0.3, -0.25) is 15.4 Å². The lowest BCUT2D eigenvalue weighted by Crippen LogP contribution is -3.00. The average molecular weight is 263 g/mol. The molecule has 0 amide bonds. The van der Waals surface area contributed by atoms with Crippen molar-refractivity contribution in [1.29, 1.82) is 0 Å². The van der Waals surface area contributed by atoms with Crippen LogP contribution in [0.5, 0.6) is 0 Å². The van der Waals surface area contributed by atoms with Crippen LogP contribution in [0.2, 0.25) is 0 Å². The summed E-state index contributed by atoms with van der Waals surface area (Å²) < 4.78 is 0. The third-order valence-corrected chi connectivity index (χ3v) is 1.63. The maximum atomic E-state index is 6.47. The number of halogens is 1. The van der Waals surface area contributed by atoms with Crippen molar-refractivity contribution in [1.82, 2.24) is 19.9 Å². The molecule has 6 nitrogen and oxygen atoms in total. The first-order valence-electron chi connectivity index (χ1n) is 4.73. The summed E-state index contributed by atoms with van der Waals surface area (Å²) in [4.78, 5) is 18.2. The SMILES string of the molecule is CC(=[NH2+])c1cnccn1.[C-]#[N+]c1cnccn1.[Cl-]. The van der Waals surface area contributed by atoms with E-state index in [1.807, 2.05) is 0 Å². The molecule has 2 aromatic rings. The van der Waals surface area contributed by atoms with Gasteiger partial charge in [0.2, 0.25) is 0 Å². The predicted octanol–water partition coefficient (Wildman–Crippen LogP) is -2.92. The number of hydrogen-bond donors (Lipinski definition) is 1. The van der Waals surface area contributed by atoms with Gasteiger partial charge < -0.3 is 17.3 Å². The smallest absolute Gasteiger partial charge is 0.287 e. The minimum absolute atomic E-state index is 0. The summed E-state index contributed by atoms with van der Waals surface area (Å²) in [6, 6.07) is 0. The van der Waals surface area contributed by atoms with Gasteiger partial charge in [-0.15, -0.1) is 4.98 Å². The number of nitrogens with two attached hydrogens (primary N) is 1. The number of nitrogens with zero attached hydrogens (tertiary/aromatic N) is 5. The molecule has 2 heterocycles. The first kappa shape index (κ1) is 15.6. The van der Waals surface area contributed by atoms with E-state index in [1.165, 1.54) is 18.6 Å². The Morgan fingerprint density at radius 3 is 2.00 bits per heavy atom. The van der Waals surface area contributed by atoms with Gasteiger partial charge in [0.15, 0.2) is 5.71 Å². The fourth-order valence-corrected chi connectivity index (χ4v) is 0.852. The molecule has 0 aliphatic heterocycles. The molecule has 0 radical (unpaired) electrons. The van der Waals surface area contributed by atoms with Crippen LogP contribution >= 0.6 is 0 Å². The lowest BCUT2D eigenvalue weighted by atomic mass is 10.3. The maximum absolute atomic E-state index is 6.47. The highest BCUT2D eigenvalue weighted by molar-refractivity contribution is 5.91. The van der Waals surface area contributed by atoms with Gasteiger partial charge in [0.1, 0.15) is 11.9 Å². The van der Waals surface area contributed by atoms with Gasteiger partial charge in [-0.1, -0.05) is 6.57 Å². The van der Waals surface area contributed by atoms with Crippen molar-refractivity contribution >= 4 is 11.5 Å². The molecule has 0 fully saturated rings. The Morgan fingerprint density at radius 1 is 1.11 bits per heavy atom. The van der Waals surface area contributed by atoms with E-state index in [-0.39, 0.29) is 12.4 Å². The monoisotopic (exact) mass is 262 g/mol. The van der Waals surface area contributed by atoms with Crippen LogP contribution in [-0.4, -0.2) is 25.6 Å². The van der Waals surface area contributed by atoms with E-state index in [1.54, 1.807) is 25.5 Å². The van der Waals surface area contributed by atoms with Crippen molar-refractivity contribution in [2.75, 3.05) is 0 Å². The van der Waals surface area contributed by atoms with Crippen LogP contribution in [0.15, 0.2) is 37.2 Å². The minimum Gasteiger partial charge on any atom is -1.00 e. The van der Waals surface area contributed by atoms with Crippen LogP contribution in [0.3, 0.4) is 0 Å². The summed E-state index contributed by atoms with van der Waals surface area (Å²) in [6.45, 7) is 8.26. The summed E-state index contributed by atoms with van der Waals surface area (Å²) in [5.74, 6) is 0.340. The molecule has 2 N–H and O–H groups in total. The van der Waals surface area contributed by atoms with Gasteiger partial charge in [0.05, 0.1) is 18.6 Å². The lowest BCUT2D eigenvalue weighted by Gasteiger charge is -1.86. The van der Waals surface area contributed by atoms with Gasteiger partial charge in [0, 0.05) is 19.3 Å². The van der Waals surface area contributed by atoms with Crippen molar-refractivity contribution in [3.8, 4) is 0 Å². The Kier molecular flexibility index (Phi) is 7.57. The summed E-state index contributed by atoms with van der Waals surface area (Å²) in [5, 5.41) is 5.43. The average Bonchev–Trinajstić information content (AvgIpc) is 2.41. The third kappa shape index (κ3) is 5.63. The number of aromatic nitrogens is 4. The largest absolute Gasteiger partial charge is 1.00 e. The molecule has 2 rings (SSSR count). The Balaban J connectivity index is 0.000000306. The molecule has 0 aliphatic carbocycles. The molecular formula is C11H11ClN6. The quantitative estimate of drug-likeness (QED) is 0.441. The van der Waals surface area contributed by atoms with Crippen molar-refractivity contribution in [3.63, 3.8) is 0 Å². The molecule has 0 bridgehead atoms. The zero-order valence-corrected chi connectivity index (χ0v) is 10.4. The fourth-order valence-electron chi connectivity index (χ4n) is 0.852. The predicted molar refractivity (Wildman–Crippen MR) is 62.0 cm³/mol. The van der Waals surface area contributed by atoms with Gasteiger partial charge >= 0.3 is 0 Å². The third-order valence-electron chi connectivity index (χ3n) is 1.63. The molecule has 0 unspecified atom stereocenters. The van der Waals surface area contributed by atoms with E-state index < -0.39 is 0 Å². The second-order valence-electron chi connectivity index (χ2n) is 2.95. The number of rotatable bonds is 1. The Bertz CT molecular complexity index is 508. The summed E-state index contributed by atoms with van der Waals surface area (Å²) >= 11 is 0. The van der Waals surface area contributed by atoms with Gasteiger partial charge in [0.25, 0.3) is 5.82 Å². The number of hydrogen-bond acceptors (Lipinski definition) is 4. The van der Waals surface area contributed by atoms with Gasteiger partial charge in [-0.05, 0) is 0 Å². The van der Waals surface area contributed by atoms with Crippen molar-refractivity contribution < 1.29 is 17.8 Å². The summed E-state index contributed by atoms with van der Waals surface area (Å²) in [6.07, 6.45) is 9.32. The summed E-state index contributed by atoms with van der Waals surface area (Å²) in [7, 11) is 0. The Hall–Kier alpha value is -2.39. The highest BCUT2D eigenvalue weighted by Gasteiger charge is 1.97. The van der Waals surface area contributed by atoms with E-state index in [0.717, 1.165) is 5.69 Å². The van der Waals surface area contributed by atoms with Crippen LogP contribution in [0, 0.1) is 6.57 Å². The van der Waals surface area contributed by atoms with Gasteiger partial charge in [-0.25, -0.2) is 4.98 Å². The summed E-state index contributed by atoms with van der Waals surface area (Å²) in [5.41, 5.74) is 1.45. The van der Waals surface area contributed by atoms with Crippen LogP contribution in [0.4, 0.5) is 5.82 Å². The fraction of sp³-hybridized carbons (Fsp3) is 0.0909. The van der Waals surface area contributed by atoms with E-state index >= 15 is 0 Å². The maximum Gasteiger partial charge on any atom is 0.287 e. The zero-order valence-electron chi connectivity index (χ0n) is 9.66. The molecule has 0 aromatic carbocycles. The standard InChI is InChI=1S/C6H7N3.C5H3N3.ClH/c1-5(7)6-4-8-2-3-9-6;1-6-5-4-7-2-3-8-5;/h2-4,7H,1H3;2-4H;1H. The molecule has 0 aliphatic rings. The molecule has 7 heteroatoms. The molecule has 0 spiro atoms. The van der Waals surface area contributed by atoms with E-state index in [2.05, 4.69) is 24.8 Å². The second-order valence-corrected chi connectivity index (χ2v) is 2.95. The molecule has 18 heavy (non-hydrogen) atoms. The van der Waals surface area contributed by atoms with Crippen LogP contribution in [0.25, 0.3) is 4.85 Å². The first-order valence-corrected chi connectivity index (χ1v) is 4.73. The zero-order chi connectivity index (χ0) is 12.5. The highest BCUT2D eigenvalue weighted by Crippen LogP contribution is 1.99. The molecule has 92 valence electrons. The lowest BCUT2D eigenvalue weighted by molar-refractivity contribution is -0.113. The topological polar surface area (TPSA) is 81.5 Å². The van der Waals surface area contributed by atoms with Crippen molar-refractivity contribution in [2.24, 2.45) is 0 Å². The Labute approximate surface area is 111 Å². The van der Waals surface area contributed by atoms with Gasteiger partial charge in [-0.2, -0.15) is 0 Å². The normalized spacial score (nSPS) is 8.00.